The number of carbonyl (C=O) groups is 1. The van der Waals surface area contributed by atoms with Crippen LogP contribution < -0.4 is 21.5 Å². The van der Waals surface area contributed by atoms with Gasteiger partial charge in [0.15, 0.2) is 11.9 Å². The average molecular weight is 392 g/mol. The van der Waals surface area contributed by atoms with E-state index < -0.39 is 12.1 Å². The lowest BCUT2D eigenvalue weighted by molar-refractivity contribution is -0.127. The Morgan fingerprint density at radius 1 is 0.966 bits per heavy atom. The van der Waals surface area contributed by atoms with Gasteiger partial charge in [0, 0.05) is 13.1 Å². The molecule has 0 aromatic heterocycles. The van der Waals surface area contributed by atoms with Gasteiger partial charge in [0.1, 0.15) is 5.75 Å². The van der Waals surface area contributed by atoms with Crippen LogP contribution in [0.5, 0.6) is 5.75 Å². The molecule has 0 aliphatic carbocycles. The summed E-state index contributed by atoms with van der Waals surface area (Å²) < 4.78 is 6.10. The number of rotatable bonds is 11. The van der Waals surface area contributed by atoms with Crippen molar-refractivity contribution < 1.29 is 9.53 Å². The molecule has 3 rings (SSSR count). The molecule has 0 saturated heterocycles. The second-order valence-electron chi connectivity index (χ2n) is 7.17. The number of carbonyl (C=O) groups excluding carboxylic acids is 1. The van der Waals surface area contributed by atoms with E-state index in [1.165, 1.54) is 0 Å². The van der Waals surface area contributed by atoms with Crippen molar-refractivity contribution in [3.8, 4) is 5.75 Å². The molecule has 5 N–H and O–H groups in total. The minimum Gasteiger partial charge on any atom is -0.481 e. The summed E-state index contributed by atoms with van der Waals surface area (Å²) in [6.45, 7) is 1.56. The summed E-state index contributed by atoms with van der Waals surface area (Å²) >= 11 is 0. The first-order valence-corrected chi connectivity index (χ1v) is 10.1. The Balaban J connectivity index is 1.70. The van der Waals surface area contributed by atoms with Gasteiger partial charge in [-0.15, -0.1) is 0 Å². The third kappa shape index (κ3) is 6.12. The Hall–Kier alpha value is -2.73. The van der Waals surface area contributed by atoms with Gasteiger partial charge in [-0.3, -0.25) is 4.79 Å². The maximum absolute atomic E-state index is 12.9. The molecule has 0 aliphatic heterocycles. The van der Waals surface area contributed by atoms with Crippen molar-refractivity contribution in [2.75, 3.05) is 13.1 Å². The van der Waals surface area contributed by atoms with E-state index >= 15 is 0 Å². The van der Waals surface area contributed by atoms with E-state index in [1.807, 2.05) is 72.8 Å². The van der Waals surface area contributed by atoms with Gasteiger partial charge < -0.3 is 21.5 Å². The van der Waals surface area contributed by atoms with Crippen molar-refractivity contribution in [2.24, 2.45) is 11.5 Å². The van der Waals surface area contributed by atoms with Gasteiger partial charge in [-0.25, -0.2) is 0 Å². The molecule has 152 valence electrons. The molecule has 0 saturated carbocycles. The molecule has 3 aromatic carbocycles. The Morgan fingerprint density at radius 3 is 2.45 bits per heavy atom. The number of benzene rings is 3. The molecule has 5 nitrogen and oxygen atoms in total. The molecule has 3 aromatic rings. The molecule has 0 spiro atoms. The van der Waals surface area contributed by atoms with Crippen molar-refractivity contribution in [1.82, 2.24) is 5.32 Å². The molecular weight excluding hydrogens is 362 g/mol. The van der Waals surface area contributed by atoms with E-state index in [1.54, 1.807) is 0 Å². The normalized spacial score (nSPS) is 13.2. The fourth-order valence-corrected chi connectivity index (χ4v) is 3.27. The maximum atomic E-state index is 12.9. The summed E-state index contributed by atoms with van der Waals surface area (Å²) in [5.74, 6) is 0.557. The highest BCUT2D eigenvalue weighted by Crippen LogP contribution is 2.22. The van der Waals surface area contributed by atoms with Crippen LogP contribution in [0.4, 0.5) is 0 Å². The van der Waals surface area contributed by atoms with E-state index in [0.29, 0.717) is 38.2 Å². The van der Waals surface area contributed by atoms with Crippen LogP contribution in [-0.4, -0.2) is 31.0 Å². The smallest absolute Gasteiger partial charge is 0.191 e. The number of fused-ring (bicyclic) bond motifs is 1. The maximum Gasteiger partial charge on any atom is 0.191 e. The van der Waals surface area contributed by atoms with Crippen LogP contribution >= 0.6 is 0 Å². The number of ketones is 1. The van der Waals surface area contributed by atoms with Crippen LogP contribution in [-0.2, 0) is 11.3 Å². The first-order chi connectivity index (χ1) is 14.2. The Labute approximate surface area is 172 Å². The van der Waals surface area contributed by atoms with Gasteiger partial charge in [-0.2, -0.15) is 0 Å². The predicted octanol–water partition coefficient (Wildman–Crippen LogP) is 3.01. The summed E-state index contributed by atoms with van der Waals surface area (Å²) in [7, 11) is 0. The summed E-state index contributed by atoms with van der Waals surface area (Å²) in [5.41, 5.74) is 12.8. The number of nitrogens with one attached hydrogen (secondary N) is 1. The predicted molar refractivity (Wildman–Crippen MR) is 118 cm³/mol. The van der Waals surface area contributed by atoms with Crippen LogP contribution in [0.3, 0.4) is 0 Å². The molecule has 0 aliphatic rings. The van der Waals surface area contributed by atoms with E-state index in [9.17, 15) is 4.79 Å². The zero-order valence-corrected chi connectivity index (χ0v) is 16.6. The van der Waals surface area contributed by atoms with Gasteiger partial charge in [0.05, 0.1) is 6.04 Å². The Bertz CT molecular complexity index is 914. The molecule has 0 amide bonds. The van der Waals surface area contributed by atoms with E-state index in [-0.39, 0.29) is 5.78 Å². The van der Waals surface area contributed by atoms with Gasteiger partial charge in [0.25, 0.3) is 0 Å². The third-order valence-corrected chi connectivity index (χ3v) is 4.90. The standard InChI is InChI=1S/C24H29N3O2/c25-14-6-11-22(26)24(28)23(17-27-16-18-7-2-1-3-8-18)29-21-13-12-19-9-4-5-10-20(19)15-21/h1-5,7-10,12-13,15,22-23,27H,6,11,14,16-17,25-26H2/t22-,23?/m0/s1. The van der Waals surface area contributed by atoms with Gasteiger partial charge in [-0.05, 0) is 47.9 Å². The third-order valence-electron chi connectivity index (χ3n) is 4.90. The molecule has 1 unspecified atom stereocenters. The van der Waals surface area contributed by atoms with Crippen LogP contribution in [0.2, 0.25) is 0 Å². The minimum atomic E-state index is -0.660. The SMILES string of the molecule is NCCC[C@H](N)C(=O)C(CNCc1ccccc1)Oc1ccc2ccccc2c1. The number of hydrogen-bond donors (Lipinski definition) is 3. The fourth-order valence-electron chi connectivity index (χ4n) is 3.27. The lowest BCUT2D eigenvalue weighted by Gasteiger charge is -2.22. The molecular formula is C24H29N3O2. The summed E-state index contributed by atoms with van der Waals surface area (Å²) in [6.07, 6.45) is 0.617. The van der Waals surface area contributed by atoms with E-state index in [2.05, 4.69) is 5.32 Å². The average Bonchev–Trinajstić information content (AvgIpc) is 2.77. The first-order valence-electron chi connectivity index (χ1n) is 10.1. The minimum absolute atomic E-state index is 0.104. The van der Waals surface area contributed by atoms with Gasteiger partial charge in [0.2, 0.25) is 0 Å². The summed E-state index contributed by atoms with van der Waals surface area (Å²) in [4.78, 5) is 12.9. The molecule has 0 bridgehead atoms. The lowest BCUT2D eigenvalue weighted by atomic mass is 10.0. The Morgan fingerprint density at radius 2 is 1.69 bits per heavy atom. The number of Topliss-reactive ketones (excluding diaryl/α,β-unsaturated/α-hetero) is 1. The van der Waals surface area contributed by atoms with E-state index in [0.717, 1.165) is 16.3 Å². The van der Waals surface area contributed by atoms with Crippen LogP contribution in [0.1, 0.15) is 18.4 Å². The van der Waals surface area contributed by atoms with Crippen molar-refractivity contribution in [1.29, 1.82) is 0 Å². The highest BCUT2D eigenvalue weighted by molar-refractivity contribution is 5.89. The Kier molecular flexibility index (Phi) is 7.76. The monoisotopic (exact) mass is 391 g/mol. The van der Waals surface area contributed by atoms with Gasteiger partial charge in [-0.1, -0.05) is 60.7 Å². The first kappa shape index (κ1) is 21.0. The highest BCUT2D eigenvalue weighted by Gasteiger charge is 2.25. The van der Waals surface area contributed by atoms with Crippen LogP contribution in [0.25, 0.3) is 10.8 Å². The molecule has 0 fully saturated rings. The van der Waals surface area contributed by atoms with Crippen LogP contribution in [0, 0.1) is 0 Å². The molecule has 0 heterocycles. The largest absolute Gasteiger partial charge is 0.481 e. The number of hydrogen-bond acceptors (Lipinski definition) is 5. The zero-order valence-electron chi connectivity index (χ0n) is 16.6. The van der Waals surface area contributed by atoms with Crippen molar-refractivity contribution in [3.05, 3.63) is 78.4 Å². The zero-order chi connectivity index (χ0) is 20.5. The van der Waals surface area contributed by atoms with Gasteiger partial charge >= 0.3 is 0 Å². The second kappa shape index (κ2) is 10.7. The van der Waals surface area contributed by atoms with E-state index in [4.69, 9.17) is 16.2 Å². The summed E-state index contributed by atoms with van der Waals surface area (Å²) in [5, 5.41) is 5.52. The molecule has 29 heavy (non-hydrogen) atoms. The molecule has 0 radical (unpaired) electrons. The topological polar surface area (TPSA) is 90.4 Å². The second-order valence-corrected chi connectivity index (χ2v) is 7.17. The summed E-state index contributed by atoms with van der Waals surface area (Å²) in [6, 6.07) is 23.4. The number of ether oxygens (including phenoxy) is 1. The molecule has 5 heteroatoms. The highest BCUT2D eigenvalue weighted by atomic mass is 16.5. The lowest BCUT2D eigenvalue weighted by Crippen LogP contribution is -2.46. The molecule has 2 atom stereocenters. The fraction of sp³-hybridized carbons (Fsp3) is 0.292. The van der Waals surface area contributed by atoms with Crippen molar-refractivity contribution in [2.45, 2.75) is 31.5 Å². The van der Waals surface area contributed by atoms with Crippen molar-refractivity contribution in [3.63, 3.8) is 0 Å². The van der Waals surface area contributed by atoms with Crippen LogP contribution in [0.15, 0.2) is 72.8 Å². The van der Waals surface area contributed by atoms with Crippen molar-refractivity contribution >= 4 is 16.6 Å². The quantitative estimate of drug-likeness (QED) is 0.467. The number of nitrogens with two attached hydrogens (primary N) is 2.